The number of halogens is 2. The molecule has 0 amide bonds. The molecule has 2 atom stereocenters. The Balaban J connectivity index is 1.68. The Morgan fingerprint density at radius 2 is 1.18 bits per heavy atom. The van der Waals surface area contributed by atoms with Gasteiger partial charge in [0.25, 0.3) is 0 Å². The van der Waals surface area contributed by atoms with E-state index in [0.717, 1.165) is 23.1 Å². The standard InChI is InChI=1S/C24H32Cl2N2/c1-18(27-16-20-10-4-6-12-22(20)25)24(14-8-3-9-15-24)19(2)28-17-21-11-5-7-13-23(21)26/h4-7,10-13,18-19,27-28H,3,8-9,14-17H2,1-2H3. The van der Waals surface area contributed by atoms with Crippen LogP contribution < -0.4 is 10.6 Å². The van der Waals surface area contributed by atoms with Crippen molar-refractivity contribution >= 4 is 23.2 Å². The third kappa shape index (κ3) is 5.10. The largest absolute Gasteiger partial charge is 0.310 e. The Morgan fingerprint density at radius 3 is 1.61 bits per heavy atom. The molecule has 2 unspecified atom stereocenters. The highest BCUT2D eigenvalue weighted by atomic mass is 35.5. The second-order valence-corrected chi connectivity index (χ2v) is 9.00. The van der Waals surface area contributed by atoms with E-state index in [1.807, 2.05) is 24.3 Å². The van der Waals surface area contributed by atoms with Crippen LogP contribution in [0.3, 0.4) is 0 Å². The monoisotopic (exact) mass is 418 g/mol. The highest BCUT2D eigenvalue weighted by Gasteiger charge is 2.41. The van der Waals surface area contributed by atoms with E-state index < -0.39 is 0 Å². The first kappa shape index (κ1) is 21.6. The molecule has 0 radical (unpaired) electrons. The molecular formula is C24H32Cl2N2. The second-order valence-electron chi connectivity index (χ2n) is 8.18. The van der Waals surface area contributed by atoms with Gasteiger partial charge in [-0.05, 0) is 49.9 Å². The molecule has 3 rings (SSSR count). The summed E-state index contributed by atoms with van der Waals surface area (Å²) in [6.45, 7) is 6.30. The lowest BCUT2D eigenvalue weighted by molar-refractivity contribution is 0.0825. The van der Waals surface area contributed by atoms with Gasteiger partial charge in [0.2, 0.25) is 0 Å². The van der Waals surface area contributed by atoms with Crippen molar-refractivity contribution in [2.24, 2.45) is 5.41 Å². The van der Waals surface area contributed by atoms with Crippen LogP contribution in [0, 0.1) is 5.41 Å². The highest BCUT2D eigenvalue weighted by Crippen LogP contribution is 2.42. The van der Waals surface area contributed by atoms with Crippen LogP contribution in [0.4, 0.5) is 0 Å². The lowest BCUT2D eigenvalue weighted by Gasteiger charge is -2.47. The first-order chi connectivity index (χ1) is 13.5. The minimum atomic E-state index is 0.237. The second kappa shape index (κ2) is 10.1. The van der Waals surface area contributed by atoms with Crippen LogP contribution in [0.25, 0.3) is 0 Å². The normalized spacial score (nSPS) is 18.6. The number of rotatable bonds is 8. The molecule has 1 fully saturated rings. The van der Waals surface area contributed by atoms with Gasteiger partial charge in [0.05, 0.1) is 0 Å². The SMILES string of the molecule is CC(NCc1ccccc1Cl)C1(C(C)NCc2ccccc2Cl)CCCCC1. The predicted octanol–water partition coefficient (Wildman–Crippen LogP) is 6.60. The Labute approximate surface area is 180 Å². The predicted molar refractivity (Wildman–Crippen MR) is 121 cm³/mol. The molecule has 2 aromatic carbocycles. The molecule has 0 aromatic heterocycles. The zero-order valence-electron chi connectivity index (χ0n) is 17.0. The van der Waals surface area contributed by atoms with Crippen LogP contribution in [-0.4, -0.2) is 12.1 Å². The van der Waals surface area contributed by atoms with E-state index in [1.54, 1.807) is 0 Å². The van der Waals surface area contributed by atoms with Crippen LogP contribution in [-0.2, 0) is 13.1 Å². The van der Waals surface area contributed by atoms with Gasteiger partial charge in [0, 0.05) is 40.6 Å². The van der Waals surface area contributed by atoms with Gasteiger partial charge in [0.1, 0.15) is 0 Å². The Hall–Kier alpha value is -1.06. The van der Waals surface area contributed by atoms with Crippen molar-refractivity contribution in [3.8, 4) is 0 Å². The molecule has 0 aliphatic heterocycles. The Bertz CT molecular complexity index is 698. The minimum absolute atomic E-state index is 0.237. The van der Waals surface area contributed by atoms with E-state index in [0.29, 0.717) is 12.1 Å². The molecule has 152 valence electrons. The summed E-state index contributed by atoms with van der Waals surface area (Å²) in [7, 11) is 0. The average Bonchev–Trinajstić information content (AvgIpc) is 2.72. The number of nitrogens with one attached hydrogen (secondary N) is 2. The third-order valence-corrected chi connectivity index (χ3v) is 7.36. The average molecular weight is 419 g/mol. The van der Waals surface area contributed by atoms with Crippen LogP contribution >= 0.6 is 23.2 Å². The molecule has 0 spiro atoms. The van der Waals surface area contributed by atoms with Gasteiger partial charge in [-0.1, -0.05) is 78.9 Å². The van der Waals surface area contributed by atoms with Crippen LogP contribution in [0.15, 0.2) is 48.5 Å². The Morgan fingerprint density at radius 1 is 0.750 bits per heavy atom. The molecule has 4 heteroatoms. The summed E-state index contributed by atoms with van der Waals surface area (Å²) in [5, 5.41) is 9.26. The van der Waals surface area contributed by atoms with E-state index in [9.17, 15) is 0 Å². The number of hydrogen-bond acceptors (Lipinski definition) is 2. The number of benzene rings is 2. The molecular weight excluding hydrogens is 387 g/mol. The maximum Gasteiger partial charge on any atom is 0.0450 e. The minimum Gasteiger partial charge on any atom is -0.310 e. The maximum absolute atomic E-state index is 6.36. The summed E-state index contributed by atoms with van der Waals surface area (Å²) in [4.78, 5) is 0. The summed E-state index contributed by atoms with van der Waals surface area (Å²) >= 11 is 12.7. The molecule has 2 aromatic rings. The molecule has 0 bridgehead atoms. The van der Waals surface area contributed by atoms with Gasteiger partial charge in [-0.3, -0.25) is 0 Å². The zero-order valence-corrected chi connectivity index (χ0v) is 18.5. The summed E-state index contributed by atoms with van der Waals surface area (Å²) in [6, 6.07) is 17.0. The molecule has 1 aliphatic rings. The van der Waals surface area contributed by atoms with Crippen molar-refractivity contribution < 1.29 is 0 Å². The van der Waals surface area contributed by atoms with E-state index in [1.165, 1.54) is 43.2 Å². The molecule has 0 heterocycles. The van der Waals surface area contributed by atoms with Crippen LogP contribution in [0.5, 0.6) is 0 Å². The van der Waals surface area contributed by atoms with E-state index in [2.05, 4.69) is 48.7 Å². The maximum atomic E-state index is 6.36. The summed E-state index contributed by atoms with van der Waals surface area (Å²) < 4.78 is 0. The van der Waals surface area contributed by atoms with Crippen molar-refractivity contribution in [3.63, 3.8) is 0 Å². The zero-order chi connectivity index (χ0) is 20.0. The van der Waals surface area contributed by atoms with Gasteiger partial charge < -0.3 is 10.6 Å². The highest BCUT2D eigenvalue weighted by molar-refractivity contribution is 6.31. The first-order valence-corrected chi connectivity index (χ1v) is 11.2. The molecule has 1 saturated carbocycles. The Kier molecular flexibility index (Phi) is 7.82. The first-order valence-electron chi connectivity index (χ1n) is 10.5. The van der Waals surface area contributed by atoms with Gasteiger partial charge >= 0.3 is 0 Å². The van der Waals surface area contributed by atoms with Gasteiger partial charge in [-0.2, -0.15) is 0 Å². The third-order valence-electron chi connectivity index (χ3n) is 6.62. The molecule has 2 nitrogen and oxygen atoms in total. The lowest BCUT2D eigenvalue weighted by atomic mass is 9.65. The lowest BCUT2D eigenvalue weighted by Crippen LogP contribution is -2.55. The topological polar surface area (TPSA) is 24.1 Å². The molecule has 0 saturated heterocycles. The summed E-state index contributed by atoms with van der Waals surface area (Å²) in [5.74, 6) is 0. The fourth-order valence-corrected chi connectivity index (χ4v) is 5.07. The summed E-state index contributed by atoms with van der Waals surface area (Å²) in [5.41, 5.74) is 2.57. The fraction of sp³-hybridized carbons (Fsp3) is 0.500. The van der Waals surface area contributed by atoms with Crippen molar-refractivity contribution in [2.75, 3.05) is 0 Å². The molecule has 1 aliphatic carbocycles. The van der Waals surface area contributed by atoms with Gasteiger partial charge in [-0.15, -0.1) is 0 Å². The summed E-state index contributed by atoms with van der Waals surface area (Å²) in [6.07, 6.45) is 6.45. The molecule has 28 heavy (non-hydrogen) atoms. The van der Waals surface area contributed by atoms with Gasteiger partial charge in [0.15, 0.2) is 0 Å². The van der Waals surface area contributed by atoms with Crippen molar-refractivity contribution in [1.29, 1.82) is 0 Å². The quantitative estimate of drug-likeness (QED) is 0.504. The number of hydrogen-bond donors (Lipinski definition) is 2. The van der Waals surface area contributed by atoms with Crippen molar-refractivity contribution in [3.05, 3.63) is 69.7 Å². The van der Waals surface area contributed by atoms with Crippen LogP contribution in [0.2, 0.25) is 10.0 Å². The fourth-order valence-electron chi connectivity index (χ4n) is 4.67. The van der Waals surface area contributed by atoms with E-state index in [-0.39, 0.29) is 5.41 Å². The molecule has 2 N–H and O–H groups in total. The van der Waals surface area contributed by atoms with Crippen LogP contribution in [0.1, 0.15) is 57.1 Å². The van der Waals surface area contributed by atoms with Crippen molar-refractivity contribution in [1.82, 2.24) is 10.6 Å². The van der Waals surface area contributed by atoms with E-state index >= 15 is 0 Å². The van der Waals surface area contributed by atoms with Gasteiger partial charge in [-0.25, -0.2) is 0 Å². The van der Waals surface area contributed by atoms with Crippen molar-refractivity contribution in [2.45, 2.75) is 71.1 Å². The smallest absolute Gasteiger partial charge is 0.0450 e. The van der Waals surface area contributed by atoms with E-state index in [4.69, 9.17) is 23.2 Å².